The third-order valence-electron chi connectivity index (χ3n) is 2.18. The van der Waals surface area contributed by atoms with Crippen LogP contribution < -0.4 is 15.8 Å². The second kappa shape index (κ2) is 5.50. The summed E-state index contributed by atoms with van der Waals surface area (Å²) in [5.41, 5.74) is 7.23. The van der Waals surface area contributed by atoms with Crippen molar-refractivity contribution >= 4 is 22.6 Å². The number of thiazole rings is 1. The van der Waals surface area contributed by atoms with Crippen molar-refractivity contribution in [3.05, 3.63) is 29.6 Å². The van der Waals surface area contributed by atoms with Gasteiger partial charge in [0.05, 0.1) is 5.69 Å². The highest BCUT2D eigenvalue weighted by molar-refractivity contribution is 7.13. The van der Waals surface area contributed by atoms with Gasteiger partial charge in [0.25, 0.3) is 0 Å². The zero-order valence-corrected chi connectivity index (χ0v) is 10.7. The lowest BCUT2D eigenvalue weighted by molar-refractivity contribution is 0.201. The molecular formula is C12H13N3O2S. The predicted octanol–water partition coefficient (Wildman–Crippen LogP) is 2.50. The van der Waals surface area contributed by atoms with Gasteiger partial charge in [-0.3, -0.25) is 0 Å². The number of hydrogen-bond donors (Lipinski definition) is 2. The van der Waals surface area contributed by atoms with E-state index in [2.05, 4.69) is 10.3 Å². The van der Waals surface area contributed by atoms with Gasteiger partial charge in [0, 0.05) is 17.5 Å². The van der Waals surface area contributed by atoms with Gasteiger partial charge >= 0.3 is 6.09 Å². The van der Waals surface area contributed by atoms with Crippen LogP contribution in [0.4, 0.5) is 9.93 Å². The number of carbonyl (C=O) groups is 1. The SMILES string of the molecule is CCNC(=O)Oc1cccc(-c2csc(N)n2)c1. The zero-order chi connectivity index (χ0) is 13.0. The van der Waals surface area contributed by atoms with Crippen LogP contribution in [0.2, 0.25) is 0 Å². The van der Waals surface area contributed by atoms with E-state index in [1.165, 1.54) is 11.3 Å². The average Bonchev–Trinajstić information content (AvgIpc) is 2.76. The zero-order valence-electron chi connectivity index (χ0n) is 9.84. The summed E-state index contributed by atoms with van der Waals surface area (Å²) in [7, 11) is 0. The number of rotatable bonds is 3. The van der Waals surface area contributed by atoms with E-state index in [0.717, 1.165) is 11.3 Å². The largest absolute Gasteiger partial charge is 0.412 e. The molecule has 1 amide bonds. The van der Waals surface area contributed by atoms with E-state index in [4.69, 9.17) is 10.5 Å². The molecule has 2 aromatic rings. The number of anilines is 1. The molecule has 0 aliphatic carbocycles. The Bertz CT molecular complexity index is 554. The lowest BCUT2D eigenvalue weighted by Gasteiger charge is -2.05. The maximum atomic E-state index is 11.3. The summed E-state index contributed by atoms with van der Waals surface area (Å²) in [6.45, 7) is 2.36. The van der Waals surface area contributed by atoms with Crippen molar-refractivity contribution in [1.82, 2.24) is 10.3 Å². The number of nitrogens with one attached hydrogen (secondary N) is 1. The van der Waals surface area contributed by atoms with E-state index in [1.54, 1.807) is 18.2 Å². The van der Waals surface area contributed by atoms with E-state index < -0.39 is 6.09 Å². The molecule has 3 N–H and O–H groups in total. The van der Waals surface area contributed by atoms with Crippen LogP contribution in [0.15, 0.2) is 29.6 Å². The van der Waals surface area contributed by atoms with Crippen LogP contribution in [0, 0.1) is 0 Å². The quantitative estimate of drug-likeness (QED) is 0.892. The number of hydrogen-bond acceptors (Lipinski definition) is 5. The maximum absolute atomic E-state index is 11.3. The molecule has 0 radical (unpaired) electrons. The molecule has 6 heteroatoms. The highest BCUT2D eigenvalue weighted by Gasteiger charge is 2.06. The van der Waals surface area contributed by atoms with E-state index >= 15 is 0 Å². The Morgan fingerprint density at radius 3 is 3.06 bits per heavy atom. The number of benzene rings is 1. The van der Waals surface area contributed by atoms with Gasteiger partial charge in [-0.1, -0.05) is 12.1 Å². The van der Waals surface area contributed by atoms with Crippen molar-refractivity contribution in [2.24, 2.45) is 0 Å². The average molecular weight is 263 g/mol. The Labute approximate surface area is 109 Å². The summed E-state index contributed by atoms with van der Waals surface area (Å²) in [5, 5.41) is 4.94. The van der Waals surface area contributed by atoms with Gasteiger partial charge in [0.2, 0.25) is 0 Å². The van der Waals surface area contributed by atoms with Crippen molar-refractivity contribution in [2.45, 2.75) is 6.92 Å². The minimum atomic E-state index is -0.465. The molecule has 1 heterocycles. The summed E-state index contributed by atoms with van der Waals surface area (Å²) < 4.78 is 5.12. The summed E-state index contributed by atoms with van der Waals surface area (Å²) in [4.78, 5) is 15.5. The highest BCUT2D eigenvalue weighted by atomic mass is 32.1. The lowest BCUT2D eigenvalue weighted by atomic mass is 10.2. The Hall–Kier alpha value is -2.08. The summed E-state index contributed by atoms with van der Waals surface area (Å²) in [6, 6.07) is 7.16. The molecule has 0 spiro atoms. The molecule has 0 saturated heterocycles. The van der Waals surface area contributed by atoms with Crippen LogP contribution in [0.5, 0.6) is 5.75 Å². The number of nitrogens with two attached hydrogens (primary N) is 1. The lowest BCUT2D eigenvalue weighted by Crippen LogP contribution is -2.26. The van der Waals surface area contributed by atoms with Crippen LogP contribution in [-0.2, 0) is 0 Å². The molecule has 0 aliphatic rings. The maximum Gasteiger partial charge on any atom is 0.412 e. The van der Waals surface area contributed by atoms with Crippen molar-refractivity contribution < 1.29 is 9.53 Å². The molecule has 94 valence electrons. The third kappa shape index (κ3) is 2.98. The summed E-state index contributed by atoms with van der Waals surface area (Å²) in [5.74, 6) is 0.477. The molecule has 0 aliphatic heterocycles. The van der Waals surface area contributed by atoms with Crippen molar-refractivity contribution in [1.29, 1.82) is 0 Å². The van der Waals surface area contributed by atoms with E-state index in [-0.39, 0.29) is 0 Å². The van der Waals surface area contributed by atoms with E-state index in [0.29, 0.717) is 17.4 Å². The number of amides is 1. The number of carbonyl (C=O) groups excluding carboxylic acids is 1. The minimum absolute atomic E-state index is 0.465. The molecule has 1 aromatic carbocycles. The van der Waals surface area contributed by atoms with Crippen LogP contribution in [0.1, 0.15) is 6.92 Å². The van der Waals surface area contributed by atoms with Gasteiger partial charge in [0.15, 0.2) is 5.13 Å². The fourth-order valence-corrected chi connectivity index (χ4v) is 2.00. The fourth-order valence-electron chi connectivity index (χ4n) is 1.43. The minimum Gasteiger partial charge on any atom is -0.410 e. The monoisotopic (exact) mass is 263 g/mol. The molecule has 0 atom stereocenters. The van der Waals surface area contributed by atoms with Crippen LogP contribution in [0.3, 0.4) is 0 Å². The van der Waals surface area contributed by atoms with Gasteiger partial charge in [-0.25, -0.2) is 9.78 Å². The molecule has 18 heavy (non-hydrogen) atoms. The molecule has 1 aromatic heterocycles. The van der Waals surface area contributed by atoms with Crippen molar-refractivity contribution in [2.75, 3.05) is 12.3 Å². The Balaban J connectivity index is 2.17. The Morgan fingerprint density at radius 2 is 2.39 bits per heavy atom. The molecular weight excluding hydrogens is 250 g/mol. The molecule has 5 nitrogen and oxygen atoms in total. The Kier molecular flexibility index (Phi) is 3.78. The van der Waals surface area contributed by atoms with Gasteiger partial charge < -0.3 is 15.8 Å². The molecule has 0 saturated carbocycles. The van der Waals surface area contributed by atoms with Gasteiger partial charge in [-0.05, 0) is 19.1 Å². The third-order valence-corrected chi connectivity index (χ3v) is 2.86. The molecule has 0 unspecified atom stereocenters. The summed E-state index contributed by atoms with van der Waals surface area (Å²) >= 11 is 1.37. The second-order valence-corrected chi connectivity index (χ2v) is 4.41. The number of nitrogens with zero attached hydrogens (tertiary/aromatic N) is 1. The first-order chi connectivity index (χ1) is 8.69. The molecule has 2 rings (SSSR count). The fraction of sp³-hybridized carbons (Fsp3) is 0.167. The number of ether oxygens (including phenoxy) is 1. The number of aromatic nitrogens is 1. The van der Waals surface area contributed by atoms with Gasteiger partial charge in [0.1, 0.15) is 5.75 Å². The molecule has 0 fully saturated rings. The first-order valence-electron chi connectivity index (χ1n) is 5.46. The van der Waals surface area contributed by atoms with Gasteiger partial charge in [-0.2, -0.15) is 0 Å². The predicted molar refractivity (Wildman–Crippen MR) is 71.7 cm³/mol. The molecule has 0 bridgehead atoms. The van der Waals surface area contributed by atoms with Crippen LogP contribution in [0.25, 0.3) is 11.3 Å². The summed E-state index contributed by atoms with van der Waals surface area (Å²) in [6.07, 6.45) is -0.465. The highest BCUT2D eigenvalue weighted by Crippen LogP contribution is 2.26. The smallest absolute Gasteiger partial charge is 0.410 e. The standard InChI is InChI=1S/C12H13N3O2S/c1-2-14-12(16)17-9-5-3-4-8(6-9)10-7-18-11(13)15-10/h3-7H,2H2,1H3,(H2,13,15)(H,14,16). The van der Waals surface area contributed by atoms with E-state index in [1.807, 2.05) is 18.4 Å². The normalized spacial score (nSPS) is 10.1. The van der Waals surface area contributed by atoms with Gasteiger partial charge in [-0.15, -0.1) is 11.3 Å². The first kappa shape index (κ1) is 12.4. The topological polar surface area (TPSA) is 77.2 Å². The first-order valence-corrected chi connectivity index (χ1v) is 6.34. The van der Waals surface area contributed by atoms with Crippen molar-refractivity contribution in [3.63, 3.8) is 0 Å². The number of nitrogen functional groups attached to an aromatic ring is 1. The second-order valence-electron chi connectivity index (χ2n) is 3.52. The van der Waals surface area contributed by atoms with Crippen molar-refractivity contribution in [3.8, 4) is 17.0 Å². The van der Waals surface area contributed by atoms with E-state index in [9.17, 15) is 4.79 Å². The Morgan fingerprint density at radius 1 is 1.56 bits per heavy atom. The van der Waals surface area contributed by atoms with Crippen LogP contribution in [-0.4, -0.2) is 17.6 Å². The van der Waals surface area contributed by atoms with Crippen LogP contribution >= 0.6 is 11.3 Å².